The van der Waals surface area contributed by atoms with Crippen molar-refractivity contribution in [3.63, 3.8) is 0 Å². The van der Waals surface area contributed by atoms with Crippen LogP contribution in [0, 0.1) is 0 Å². The molecule has 15 heavy (non-hydrogen) atoms. The van der Waals surface area contributed by atoms with Gasteiger partial charge in [0.05, 0.1) is 25.3 Å². The highest BCUT2D eigenvalue weighted by molar-refractivity contribution is 5.90. The van der Waals surface area contributed by atoms with E-state index >= 15 is 0 Å². The van der Waals surface area contributed by atoms with Gasteiger partial charge in [-0.05, 0) is 6.92 Å². The van der Waals surface area contributed by atoms with Gasteiger partial charge in [-0.2, -0.15) is 0 Å². The summed E-state index contributed by atoms with van der Waals surface area (Å²) in [7, 11) is 0. The third-order valence-corrected chi connectivity index (χ3v) is 2.58. The van der Waals surface area contributed by atoms with E-state index in [1.54, 1.807) is 6.92 Å². The molecule has 1 heterocycles. The fourth-order valence-corrected chi connectivity index (χ4v) is 1.73. The molecule has 5 heteroatoms. The molecule has 1 unspecified atom stereocenters. The Balaban J connectivity index is 2.62. The van der Waals surface area contributed by atoms with Crippen LogP contribution in [-0.4, -0.2) is 55.4 Å². The average molecular weight is 214 g/mol. The minimum Gasteiger partial charge on any atom is -0.379 e. The molecular formula is C10H18N2O3. The van der Waals surface area contributed by atoms with Gasteiger partial charge >= 0.3 is 0 Å². The molecule has 1 saturated heterocycles. The molecule has 1 aliphatic heterocycles. The highest BCUT2D eigenvalue weighted by Crippen LogP contribution is 2.09. The minimum absolute atomic E-state index is 0.0657. The zero-order valence-corrected chi connectivity index (χ0v) is 9.02. The molecule has 1 fully saturated rings. The maximum absolute atomic E-state index is 11.8. The Morgan fingerprint density at radius 2 is 2.13 bits per heavy atom. The molecule has 0 aromatic carbocycles. The Morgan fingerprint density at radius 3 is 2.60 bits per heavy atom. The van der Waals surface area contributed by atoms with E-state index in [0.717, 1.165) is 6.29 Å². The van der Waals surface area contributed by atoms with Crippen molar-refractivity contribution in [3.05, 3.63) is 0 Å². The van der Waals surface area contributed by atoms with Gasteiger partial charge in [0, 0.05) is 19.5 Å². The van der Waals surface area contributed by atoms with Crippen LogP contribution >= 0.6 is 0 Å². The summed E-state index contributed by atoms with van der Waals surface area (Å²) in [4.78, 5) is 24.3. The standard InChI is InChI=1S/C10H18N2O3/c1-8(11)10(14)9(2-5-13)12-3-6-15-7-4-12/h5,8-9H,2-4,6-7,11H2,1H3/t8-,9?/m0/s1. The zero-order chi connectivity index (χ0) is 11.3. The molecular weight excluding hydrogens is 196 g/mol. The lowest BCUT2D eigenvalue weighted by molar-refractivity contribution is -0.129. The Bertz CT molecular complexity index is 225. The third kappa shape index (κ3) is 3.37. The van der Waals surface area contributed by atoms with Crippen molar-refractivity contribution in [2.45, 2.75) is 25.4 Å². The van der Waals surface area contributed by atoms with Crippen LogP contribution in [-0.2, 0) is 14.3 Å². The van der Waals surface area contributed by atoms with E-state index < -0.39 is 6.04 Å². The minimum atomic E-state index is -0.516. The second-order valence-corrected chi connectivity index (χ2v) is 3.76. The van der Waals surface area contributed by atoms with E-state index in [9.17, 15) is 9.59 Å². The number of nitrogens with zero attached hydrogens (tertiary/aromatic N) is 1. The fourth-order valence-electron chi connectivity index (χ4n) is 1.73. The number of carbonyl (C=O) groups excluding carboxylic acids is 2. The summed E-state index contributed by atoms with van der Waals surface area (Å²) in [5.74, 6) is -0.0657. The molecule has 1 aliphatic rings. The lowest BCUT2D eigenvalue weighted by Crippen LogP contribution is -2.51. The molecule has 0 aromatic heterocycles. The van der Waals surface area contributed by atoms with Crippen molar-refractivity contribution in [2.75, 3.05) is 26.3 Å². The number of carbonyl (C=O) groups is 2. The van der Waals surface area contributed by atoms with Gasteiger partial charge in [0.1, 0.15) is 6.29 Å². The molecule has 5 nitrogen and oxygen atoms in total. The molecule has 0 bridgehead atoms. The van der Waals surface area contributed by atoms with E-state index in [1.165, 1.54) is 0 Å². The van der Waals surface area contributed by atoms with Crippen LogP contribution in [0.1, 0.15) is 13.3 Å². The second-order valence-electron chi connectivity index (χ2n) is 3.76. The maximum Gasteiger partial charge on any atom is 0.166 e. The van der Waals surface area contributed by atoms with Crippen LogP contribution in [0.2, 0.25) is 0 Å². The van der Waals surface area contributed by atoms with Gasteiger partial charge in [0.15, 0.2) is 5.78 Å². The summed E-state index contributed by atoms with van der Waals surface area (Å²) in [6.07, 6.45) is 1.00. The van der Waals surface area contributed by atoms with E-state index in [2.05, 4.69) is 0 Å². The molecule has 0 amide bonds. The Hall–Kier alpha value is -0.780. The molecule has 0 saturated carbocycles. The first-order chi connectivity index (χ1) is 7.16. The monoisotopic (exact) mass is 214 g/mol. The van der Waals surface area contributed by atoms with Crippen LogP contribution in [0.3, 0.4) is 0 Å². The van der Waals surface area contributed by atoms with Crippen LogP contribution in [0.25, 0.3) is 0 Å². The molecule has 86 valence electrons. The first-order valence-electron chi connectivity index (χ1n) is 5.21. The molecule has 2 N–H and O–H groups in total. The summed E-state index contributed by atoms with van der Waals surface area (Å²) in [6, 6.07) is -0.885. The van der Waals surface area contributed by atoms with Gasteiger partial charge in [0.25, 0.3) is 0 Å². The van der Waals surface area contributed by atoms with Gasteiger partial charge in [-0.3, -0.25) is 9.69 Å². The van der Waals surface area contributed by atoms with Crippen molar-refractivity contribution >= 4 is 12.1 Å². The number of aldehydes is 1. The SMILES string of the molecule is C[C@H](N)C(=O)C(CC=O)N1CCOCC1. The van der Waals surface area contributed by atoms with E-state index in [4.69, 9.17) is 10.5 Å². The predicted molar refractivity (Wildman–Crippen MR) is 55.5 cm³/mol. The normalized spacial score (nSPS) is 22.0. The second kappa shape index (κ2) is 5.95. The molecule has 0 aromatic rings. The van der Waals surface area contributed by atoms with Crippen molar-refractivity contribution in [3.8, 4) is 0 Å². The Kier molecular flexibility index (Phi) is 4.87. The van der Waals surface area contributed by atoms with Crippen LogP contribution in [0.15, 0.2) is 0 Å². The first-order valence-corrected chi connectivity index (χ1v) is 5.21. The topological polar surface area (TPSA) is 72.6 Å². The lowest BCUT2D eigenvalue weighted by atomic mass is 10.0. The summed E-state index contributed by atoms with van der Waals surface area (Å²) < 4.78 is 5.20. The van der Waals surface area contributed by atoms with Crippen LogP contribution in [0.5, 0.6) is 0 Å². The number of nitrogens with two attached hydrogens (primary N) is 1. The van der Waals surface area contributed by atoms with Gasteiger partial charge < -0.3 is 15.3 Å². The number of ketones is 1. The van der Waals surface area contributed by atoms with E-state index in [0.29, 0.717) is 26.3 Å². The van der Waals surface area contributed by atoms with Crippen molar-refractivity contribution in [1.29, 1.82) is 0 Å². The highest BCUT2D eigenvalue weighted by atomic mass is 16.5. The zero-order valence-electron chi connectivity index (χ0n) is 9.02. The maximum atomic E-state index is 11.8. The van der Waals surface area contributed by atoms with Crippen molar-refractivity contribution in [2.24, 2.45) is 5.73 Å². The van der Waals surface area contributed by atoms with Gasteiger partial charge in [0.2, 0.25) is 0 Å². The predicted octanol–water partition coefficient (Wildman–Crippen LogP) is -0.807. The number of Topliss-reactive ketones (excluding diaryl/α,β-unsaturated/α-hetero) is 1. The van der Waals surface area contributed by atoms with Crippen LogP contribution in [0.4, 0.5) is 0 Å². The van der Waals surface area contributed by atoms with E-state index in [1.807, 2.05) is 4.90 Å². The molecule has 0 aliphatic carbocycles. The number of hydrogen-bond donors (Lipinski definition) is 1. The Morgan fingerprint density at radius 1 is 1.53 bits per heavy atom. The fraction of sp³-hybridized carbons (Fsp3) is 0.800. The van der Waals surface area contributed by atoms with Crippen LogP contribution < -0.4 is 5.73 Å². The number of rotatable bonds is 5. The molecule has 2 atom stereocenters. The third-order valence-electron chi connectivity index (χ3n) is 2.58. The molecule has 1 rings (SSSR count). The summed E-state index contributed by atoms with van der Waals surface area (Å²) in [6.45, 7) is 4.26. The highest BCUT2D eigenvalue weighted by Gasteiger charge is 2.28. The summed E-state index contributed by atoms with van der Waals surface area (Å²) in [5, 5.41) is 0. The van der Waals surface area contributed by atoms with Crippen molar-refractivity contribution in [1.82, 2.24) is 4.90 Å². The quantitative estimate of drug-likeness (QED) is 0.606. The van der Waals surface area contributed by atoms with Gasteiger partial charge in [-0.15, -0.1) is 0 Å². The molecule has 0 spiro atoms. The number of hydrogen-bond acceptors (Lipinski definition) is 5. The Labute approximate surface area is 89.6 Å². The summed E-state index contributed by atoms with van der Waals surface area (Å²) >= 11 is 0. The van der Waals surface area contributed by atoms with Gasteiger partial charge in [-0.1, -0.05) is 0 Å². The first kappa shape index (κ1) is 12.3. The largest absolute Gasteiger partial charge is 0.379 e. The van der Waals surface area contributed by atoms with Gasteiger partial charge in [-0.25, -0.2) is 0 Å². The molecule has 0 radical (unpaired) electrons. The number of ether oxygens (including phenoxy) is 1. The van der Waals surface area contributed by atoms with E-state index in [-0.39, 0.29) is 18.2 Å². The number of morpholine rings is 1. The summed E-state index contributed by atoms with van der Waals surface area (Å²) in [5.41, 5.74) is 5.55. The lowest BCUT2D eigenvalue weighted by Gasteiger charge is -2.33. The smallest absolute Gasteiger partial charge is 0.166 e. The average Bonchev–Trinajstić information content (AvgIpc) is 2.26. The van der Waals surface area contributed by atoms with Crippen molar-refractivity contribution < 1.29 is 14.3 Å².